The third-order valence-electron chi connectivity index (χ3n) is 6.93. The van der Waals surface area contributed by atoms with Crippen LogP contribution in [0.15, 0.2) is 18.2 Å². The van der Waals surface area contributed by atoms with Crippen molar-refractivity contribution >= 4 is 23.2 Å². The summed E-state index contributed by atoms with van der Waals surface area (Å²) in [5.74, 6) is -1.08. The van der Waals surface area contributed by atoms with Crippen LogP contribution in [0.2, 0.25) is 0 Å². The van der Waals surface area contributed by atoms with Crippen LogP contribution >= 0.6 is 0 Å². The third kappa shape index (κ3) is 4.22. The molecule has 0 aromatic heterocycles. The maximum absolute atomic E-state index is 13.3. The fourth-order valence-corrected chi connectivity index (χ4v) is 4.88. The quantitative estimate of drug-likeness (QED) is 0.417. The average molecular weight is 431 g/mol. The van der Waals surface area contributed by atoms with Crippen LogP contribution in [0, 0.1) is 28.4 Å². The van der Waals surface area contributed by atoms with Crippen LogP contribution in [-0.2, 0) is 9.59 Å². The van der Waals surface area contributed by atoms with E-state index in [0.717, 1.165) is 30.6 Å². The second-order valence-corrected chi connectivity index (χ2v) is 9.07. The van der Waals surface area contributed by atoms with Crippen molar-refractivity contribution in [3.63, 3.8) is 0 Å². The second kappa shape index (κ2) is 8.08. The molecule has 2 amide bonds. The first kappa shape index (κ1) is 21.5. The van der Waals surface area contributed by atoms with Crippen LogP contribution in [0.1, 0.15) is 24.8 Å². The summed E-state index contributed by atoms with van der Waals surface area (Å²) in [6, 6.07) is 4.20. The van der Waals surface area contributed by atoms with Crippen molar-refractivity contribution in [3.8, 4) is 0 Å². The van der Waals surface area contributed by atoms with Gasteiger partial charge in [-0.05, 0) is 43.2 Å². The van der Waals surface area contributed by atoms with Crippen molar-refractivity contribution in [2.75, 3.05) is 44.7 Å². The van der Waals surface area contributed by atoms with Crippen LogP contribution < -0.4 is 10.2 Å². The first-order valence-corrected chi connectivity index (χ1v) is 10.7. The molecule has 168 valence electrons. The predicted octanol–water partition coefficient (Wildman–Crippen LogP) is 1.16. The van der Waals surface area contributed by atoms with E-state index in [-0.39, 0.29) is 17.0 Å². The van der Waals surface area contributed by atoms with Gasteiger partial charge in [0, 0.05) is 57.6 Å². The van der Waals surface area contributed by atoms with E-state index < -0.39 is 22.8 Å². The van der Waals surface area contributed by atoms with Gasteiger partial charge in [-0.2, -0.15) is 0 Å². The highest BCUT2D eigenvalue weighted by atomic mass is 16.6. The number of rotatable bonds is 4. The topological polar surface area (TPSA) is 119 Å². The monoisotopic (exact) mass is 431 g/mol. The zero-order valence-corrected chi connectivity index (χ0v) is 17.9. The Hall–Kier alpha value is -2.72. The molecule has 3 aliphatic rings. The molecule has 1 spiro atoms. The first-order valence-electron chi connectivity index (χ1n) is 10.7. The molecular formula is C21H29N5O5. The fraction of sp³-hybridized carbons (Fsp3) is 0.619. The van der Waals surface area contributed by atoms with Gasteiger partial charge >= 0.3 is 0 Å². The van der Waals surface area contributed by atoms with E-state index >= 15 is 0 Å². The summed E-state index contributed by atoms with van der Waals surface area (Å²) in [6.07, 6.45) is 2.72. The largest absolute Gasteiger partial charge is 0.368 e. The molecule has 1 unspecified atom stereocenters. The summed E-state index contributed by atoms with van der Waals surface area (Å²) in [4.78, 5) is 40.3. The van der Waals surface area contributed by atoms with Gasteiger partial charge < -0.3 is 15.1 Å². The number of hydrogen-bond donors (Lipinski definition) is 2. The number of aryl methyl sites for hydroxylation is 1. The first-order chi connectivity index (χ1) is 14.7. The number of piperidine rings is 1. The number of non-ortho nitro benzene ring substituents is 1. The molecule has 1 aliphatic carbocycles. The van der Waals surface area contributed by atoms with Crippen molar-refractivity contribution in [3.05, 3.63) is 33.9 Å². The number of nitrogens with one attached hydrogen (secondary N) is 1. The average Bonchev–Trinajstić information content (AvgIpc) is 3.51. The molecule has 2 N–H and O–H groups in total. The summed E-state index contributed by atoms with van der Waals surface area (Å²) < 4.78 is 0. The zero-order valence-electron chi connectivity index (χ0n) is 17.9. The second-order valence-electron chi connectivity index (χ2n) is 9.07. The Morgan fingerprint density at radius 3 is 2.48 bits per heavy atom. The van der Waals surface area contributed by atoms with E-state index in [1.807, 2.05) is 6.92 Å². The highest BCUT2D eigenvalue weighted by Crippen LogP contribution is 2.52. The number of nitro benzene ring substituents is 1. The summed E-state index contributed by atoms with van der Waals surface area (Å²) in [5, 5.41) is 24.6. The Kier molecular flexibility index (Phi) is 5.61. The van der Waals surface area contributed by atoms with Crippen molar-refractivity contribution in [1.82, 2.24) is 15.3 Å². The number of piperazine rings is 1. The minimum Gasteiger partial charge on any atom is -0.368 e. The van der Waals surface area contributed by atoms with Crippen LogP contribution in [0.4, 0.5) is 11.4 Å². The minimum atomic E-state index is -0.624. The van der Waals surface area contributed by atoms with E-state index in [4.69, 9.17) is 0 Å². The SMILES string of the molecule is Cc1cc([N+](=O)[O-])ccc1N1CCN(C(=O)[C@H]2NCC3(CC3)CC2C(=O)N(C)O)CC1. The summed E-state index contributed by atoms with van der Waals surface area (Å²) in [6.45, 7) is 4.81. The molecule has 4 rings (SSSR count). The van der Waals surface area contributed by atoms with Crippen molar-refractivity contribution in [1.29, 1.82) is 0 Å². The summed E-state index contributed by atoms with van der Waals surface area (Å²) in [5.41, 5.74) is 1.92. The van der Waals surface area contributed by atoms with Gasteiger partial charge in [-0.15, -0.1) is 0 Å². The van der Waals surface area contributed by atoms with Gasteiger partial charge in [0.15, 0.2) is 0 Å². The lowest BCUT2D eigenvalue weighted by Crippen LogP contribution is -2.61. The fourth-order valence-electron chi connectivity index (χ4n) is 4.88. The molecule has 0 bridgehead atoms. The van der Waals surface area contributed by atoms with E-state index in [9.17, 15) is 24.9 Å². The zero-order chi connectivity index (χ0) is 22.3. The molecule has 10 nitrogen and oxygen atoms in total. The molecular weight excluding hydrogens is 402 g/mol. The lowest BCUT2D eigenvalue weighted by atomic mass is 9.81. The van der Waals surface area contributed by atoms with E-state index in [0.29, 0.717) is 37.7 Å². The van der Waals surface area contributed by atoms with Crippen LogP contribution in [0.3, 0.4) is 0 Å². The standard InChI is InChI=1S/C21H29N5O5/c1-14-11-15(26(30)31)3-4-17(14)24-7-9-25(10-8-24)20(28)18-16(19(27)23(2)29)12-21(5-6-21)13-22-18/h3-4,11,16,18,22,29H,5-10,12-13H2,1-2H3/t16?,18-/m0/s1. The lowest BCUT2D eigenvalue weighted by Gasteiger charge is -2.42. The number of carbonyl (C=O) groups is 2. The maximum atomic E-state index is 13.3. The molecule has 10 heteroatoms. The van der Waals surface area contributed by atoms with Gasteiger partial charge in [0.1, 0.15) is 0 Å². The van der Waals surface area contributed by atoms with Gasteiger partial charge in [0.05, 0.1) is 16.9 Å². The van der Waals surface area contributed by atoms with E-state index in [1.54, 1.807) is 17.0 Å². The van der Waals surface area contributed by atoms with Gasteiger partial charge in [-0.3, -0.25) is 24.9 Å². The Morgan fingerprint density at radius 1 is 1.26 bits per heavy atom. The number of hydroxylamine groups is 2. The summed E-state index contributed by atoms with van der Waals surface area (Å²) >= 11 is 0. The number of benzene rings is 1. The van der Waals surface area contributed by atoms with E-state index in [2.05, 4.69) is 10.2 Å². The normalized spacial score (nSPS) is 24.7. The predicted molar refractivity (Wildman–Crippen MR) is 113 cm³/mol. The third-order valence-corrected chi connectivity index (χ3v) is 6.93. The molecule has 1 aromatic rings. The van der Waals surface area contributed by atoms with Crippen LogP contribution in [0.25, 0.3) is 0 Å². The number of anilines is 1. The number of nitro groups is 1. The van der Waals surface area contributed by atoms with Gasteiger partial charge in [-0.25, -0.2) is 5.06 Å². The number of carbonyl (C=O) groups excluding carboxylic acids is 2. The molecule has 0 radical (unpaired) electrons. The van der Waals surface area contributed by atoms with Crippen LogP contribution in [-0.4, -0.2) is 77.7 Å². The van der Waals surface area contributed by atoms with Crippen molar-refractivity contribution < 1.29 is 19.7 Å². The molecule has 1 saturated carbocycles. The van der Waals surface area contributed by atoms with E-state index in [1.165, 1.54) is 13.1 Å². The number of nitrogens with zero attached hydrogens (tertiary/aromatic N) is 4. The highest BCUT2D eigenvalue weighted by Gasteiger charge is 2.53. The Morgan fingerprint density at radius 2 is 1.94 bits per heavy atom. The molecule has 2 aliphatic heterocycles. The Labute approximate surface area is 180 Å². The molecule has 2 heterocycles. The molecule has 2 saturated heterocycles. The Bertz CT molecular complexity index is 892. The maximum Gasteiger partial charge on any atom is 0.269 e. The number of amides is 2. The lowest BCUT2D eigenvalue weighted by molar-refractivity contribution is -0.384. The summed E-state index contributed by atoms with van der Waals surface area (Å²) in [7, 11) is 1.31. The molecule has 1 aromatic carbocycles. The van der Waals surface area contributed by atoms with Gasteiger partial charge in [-0.1, -0.05) is 0 Å². The van der Waals surface area contributed by atoms with Gasteiger partial charge in [0.2, 0.25) is 5.91 Å². The molecule has 31 heavy (non-hydrogen) atoms. The van der Waals surface area contributed by atoms with Crippen molar-refractivity contribution in [2.45, 2.75) is 32.2 Å². The van der Waals surface area contributed by atoms with Crippen LogP contribution in [0.5, 0.6) is 0 Å². The Balaban J connectivity index is 1.41. The number of hydrogen-bond acceptors (Lipinski definition) is 7. The molecule has 3 fully saturated rings. The highest BCUT2D eigenvalue weighted by molar-refractivity contribution is 5.90. The minimum absolute atomic E-state index is 0.0661. The van der Waals surface area contributed by atoms with Crippen molar-refractivity contribution in [2.24, 2.45) is 11.3 Å². The molecule has 2 atom stereocenters. The smallest absolute Gasteiger partial charge is 0.269 e. The van der Waals surface area contributed by atoms with Gasteiger partial charge in [0.25, 0.3) is 11.6 Å².